The average Bonchev–Trinajstić information content (AvgIpc) is 2.92. The SMILES string of the molecule is Cc1ccnn1Cc1ccoc1CNC1CC1. The summed E-state index contributed by atoms with van der Waals surface area (Å²) in [6.07, 6.45) is 6.19. The molecule has 90 valence electrons. The normalized spacial score (nSPS) is 15.4. The molecule has 2 heterocycles. The topological polar surface area (TPSA) is 43.0 Å². The first kappa shape index (κ1) is 10.6. The quantitative estimate of drug-likeness (QED) is 0.856. The van der Waals surface area contributed by atoms with Gasteiger partial charge in [0.1, 0.15) is 5.76 Å². The summed E-state index contributed by atoms with van der Waals surface area (Å²) >= 11 is 0. The van der Waals surface area contributed by atoms with Crippen molar-refractivity contribution in [3.63, 3.8) is 0 Å². The van der Waals surface area contributed by atoms with Gasteiger partial charge in [0, 0.05) is 23.5 Å². The Morgan fingerprint density at radius 2 is 2.35 bits per heavy atom. The minimum Gasteiger partial charge on any atom is -0.468 e. The molecule has 0 unspecified atom stereocenters. The van der Waals surface area contributed by atoms with Crippen LogP contribution in [0.3, 0.4) is 0 Å². The van der Waals surface area contributed by atoms with Crippen LogP contribution in [-0.2, 0) is 13.1 Å². The van der Waals surface area contributed by atoms with E-state index < -0.39 is 0 Å². The predicted octanol–water partition coefficient (Wildman–Crippen LogP) is 2.08. The zero-order valence-corrected chi connectivity index (χ0v) is 10.0. The number of nitrogens with one attached hydrogen (secondary N) is 1. The Bertz CT molecular complexity index is 496. The number of hydrogen-bond acceptors (Lipinski definition) is 3. The molecule has 4 nitrogen and oxygen atoms in total. The molecule has 1 saturated carbocycles. The van der Waals surface area contributed by atoms with E-state index in [9.17, 15) is 0 Å². The van der Waals surface area contributed by atoms with Crippen molar-refractivity contribution in [3.05, 3.63) is 41.6 Å². The van der Waals surface area contributed by atoms with Gasteiger partial charge in [0.2, 0.25) is 0 Å². The summed E-state index contributed by atoms with van der Waals surface area (Å²) in [5, 5.41) is 7.76. The summed E-state index contributed by atoms with van der Waals surface area (Å²) in [5.41, 5.74) is 2.39. The molecule has 0 amide bonds. The maximum absolute atomic E-state index is 5.53. The summed E-state index contributed by atoms with van der Waals surface area (Å²) < 4.78 is 7.52. The molecular weight excluding hydrogens is 214 g/mol. The molecule has 0 atom stereocenters. The zero-order chi connectivity index (χ0) is 11.7. The Labute approximate surface area is 101 Å². The number of hydrogen-bond donors (Lipinski definition) is 1. The molecule has 0 aliphatic heterocycles. The van der Waals surface area contributed by atoms with Crippen molar-refractivity contribution in [2.45, 2.75) is 38.9 Å². The van der Waals surface area contributed by atoms with Crippen molar-refractivity contribution < 1.29 is 4.42 Å². The predicted molar refractivity (Wildman–Crippen MR) is 64.6 cm³/mol. The summed E-state index contributed by atoms with van der Waals surface area (Å²) in [6.45, 7) is 3.68. The lowest BCUT2D eigenvalue weighted by Crippen LogP contribution is -2.16. The monoisotopic (exact) mass is 231 g/mol. The lowest BCUT2D eigenvalue weighted by Gasteiger charge is -2.06. The van der Waals surface area contributed by atoms with Crippen LogP contribution in [0.4, 0.5) is 0 Å². The van der Waals surface area contributed by atoms with Crippen LogP contribution in [0.5, 0.6) is 0 Å². The molecule has 0 bridgehead atoms. The van der Waals surface area contributed by atoms with E-state index in [4.69, 9.17) is 4.42 Å². The number of aromatic nitrogens is 2. The van der Waals surface area contributed by atoms with Crippen LogP contribution < -0.4 is 5.32 Å². The van der Waals surface area contributed by atoms with Crippen LogP contribution in [0.15, 0.2) is 29.0 Å². The van der Waals surface area contributed by atoms with E-state index in [0.717, 1.165) is 18.8 Å². The Morgan fingerprint density at radius 3 is 3.06 bits per heavy atom. The second-order valence-electron chi connectivity index (χ2n) is 4.65. The van der Waals surface area contributed by atoms with Crippen molar-refractivity contribution in [2.24, 2.45) is 0 Å². The lowest BCUT2D eigenvalue weighted by molar-refractivity contribution is 0.474. The van der Waals surface area contributed by atoms with E-state index in [0.29, 0.717) is 6.04 Å². The van der Waals surface area contributed by atoms with Gasteiger partial charge in [-0.2, -0.15) is 5.10 Å². The van der Waals surface area contributed by atoms with Crippen LogP contribution in [0.1, 0.15) is 29.9 Å². The summed E-state index contributed by atoms with van der Waals surface area (Å²) in [6, 6.07) is 4.76. The maximum atomic E-state index is 5.53. The first-order valence-electron chi connectivity index (χ1n) is 6.10. The fourth-order valence-electron chi connectivity index (χ4n) is 1.91. The molecule has 17 heavy (non-hydrogen) atoms. The van der Waals surface area contributed by atoms with Crippen LogP contribution in [-0.4, -0.2) is 15.8 Å². The van der Waals surface area contributed by atoms with E-state index in [1.54, 1.807) is 6.26 Å². The van der Waals surface area contributed by atoms with E-state index >= 15 is 0 Å². The number of furan rings is 1. The smallest absolute Gasteiger partial charge is 0.122 e. The maximum Gasteiger partial charge on any atom is 0.122 e. The van der Waals surface area contributed by atoms with Gasteiger partial charge >= 0.3 is 0 Å². The van der Waals surface area contributed by atoms with Gasteiger partial charge in [-0.3, -0.25) is 4.68 Å². The third kappa shape index (κ3) is 2.42. The van der Waals surface area contributed by atoms with Gasteiger partial charge in [-0.15, -0.1) is 0 Å². The standard InChI is InChI=1S/C13H17N3O/c1-10-4-6-15-16(10)9-11-5-7-17-13(11)8-14-12-2-3-12/h4-7,12,14H,2-3,8-9H2,1H3. The van der Waals surface area contributed by atoms with Gasteiger partial charge in [0.15, 0.2) is 0 Å². The van der Waals surface area contributed by atoms with Gasteiger partial charge in [-0.05, 0) is 31.9 Å². The molecule has 1 aliphatic rings. The Balaban J connectivity index is 1.69. The summed E-state index contributed by atoms with van der Waals surface area (Å²) in [5.74, 6) is 1.03. The highest BCUT2D eigenvalue weighted by atomic mass is 16.3. The number of aryl methyl sites for hydroxylation is 1. The average molecular weight is 231 g/mol. The van der Waals surface area contributed by atoms with E-state index in [2.05, 4.69) is 17.3 Å². The van der Waals surface area contributed by atoms with Crippen LogP contribution in [0, 0.1) is 6.92 Å². The largest absolute Gasteiger partial charge is 0.468 e. The molecule has 1 fully saturated rings. The number of rotatable bonds is 5. The molecule has 2 aromatic rings. The minimum atomic E-state index is 0.708. The second-order valence-corrected chi connectivity index (χ2v) is 4.65. The van der Waals surface area contributed by atoms with Gasteiger partial charge in [-0.25, -0.2) is 0 Å². The number of nitrogens with zero attached hydrogens (tertiary/aromatic N) is 2. The third-order valence-corrected chi connectivity index (χ3v) is 3.22. The van der Waals surface area contributed by atoms with Gasteiger partial charge < -0.3 is 9.73 Å². The van der Waals surface area contributed by atoms with Crippen LogP contribution in [0.25, 0.3) is 0 Å². The molecule has 2 aromatic heterocycles. The Hall–Kier alpha value is -1.55. The molecule has 0 spiro atoms. The van der Waals surface area contributed by atoms with E-state index in [1.807, 2.05) is 23.0 Å². The minimum absolute atomic E-state index is 0.708. The highest BCUT2D eigenvalue weighted by Gasteiger charge is 2.21. The molecule has 1 aliphatic carbocycles. The van der Waals surface area contributed by atoms with Crippen molar-refractivity contribution >= 4 is 0 Å². The summed E-state index contributed by atoms with van der Waals surface area (Å²) in [7, 11) is 0. The highest BCUT2D eigenvalue weighted by Crippen LogP contribution is 2.20. The van der Waals surface area contributed by atoms with Crippen molar-refractivity contribution in [1.29, 1.82) is 0 Å². The first-order valence-corrected chi connectivity index (χ1v) is 6.10. The third-order valence-electron chi connectivity index (χ3n) is 3.22. The lowest BCUT2D eigenvalue weighted by atomic mass is 10.2. The Morgan fingerprint density at radius 1 is 1.47 bits per heavy atom. The fraction of sp³-hybridized carbons (Fsp3) is 0.462. The fourth-order valence-corrected chi connectivity index (χ4v) is 1.91. The molecule has 0 saturated heterocycles. The van der Waals surface area contributed by atoms with E-state index in [-0.39, 0.29) is 0 Å². The molecule has 0 aromatic carbocycles. The molecule has 0 radical (unpaired) electrons. The second kappa shape index (κ2) is 4.37. The van der Waals surface area contributed by atoms with Gasteiger partial charge in [0.05, 0.1) is 19.4 Å². The summed E-state index contributed by atoms with van der Waals surface area (Å²) in [4.78, 5) is 0. The molecule has 3 rings (SSSR count). The van der Waals surface area contributed by atoms with Crippen molar-refractivity contribution in [3.8, 4) is 0 Å². The van der Waals surface area contributed by atoms with Gasteiger partial charge in [-0.1, -0.05) is 0 Å². The van der Waals surface area contributed by atoms with Crippen LogP contribution >= 0.6 is 0 Å². The Kier molecular flexibility index (Phi) is 2.73. The van der Waals surface area contributed by atoms with E-state index in [1.165, 1.54) is 24.1 Å². The van der Waals surface area contributed by atoms with Gasteiger partial charge in [0.25, 0.3) is 0 Å². The highest BCUT2D eigenvalue weighted by molar-refractivity contribution is 5.18. The zero-order valence-electron chi connectivity index (χ0n) is 10.0. The first-order chi connectivity index (χ1) is 8.33. The van der Waals surface area contributed by atoms with Crippen molar-refractivity contribution in [1.82, 2.24) is 15.1 Å². The molecule has 1 N–H and O–H groups in total. The molecule has 4 heteroatoms. The van der Waals surface area contributed by atoms with Crippen molar-refractivity contribution in [2.75, 3.05) is 0 Å². The van der Waals surface area contributed by atoms with Crippen LogP contribution in [0.2, 0.25) is 0 Å². The molecular formula is C13H17N3O.